The molecule has 0 aliphatic heterocycles. The molecule has 0 amide bonds. The van der Waals surface area contributed by atoms with Gasteiger partial charge in [0, 0.05) is 25.2 Å². The van der Waals surface area contributed by atoms with Gasteiger partial charge in [0.25, 0.3) is 0 Å². The number of benzene rings is 2. The molecule has 2 rings (SSSR count). The van der Waals surface area contributed by atoms with Crippen LogP contribution in [-0.2, 0) is 13.1 Å². The molecule has 0 bridgehead atoms. The highest BCUT2D eigenvalue weighted by Gasteiger charge is 2.09. The standard InChI is InChI=1S/C16H16ClN3/c1-20(11-13-3-2-4-15(17)8-13)16-6-5-12(9-18)7-14(16)10-19/h2-8H,9,11,18H2,1H3. The molecule has 0 radical (unpaired) electrons. The summed E-state index contributed by atoms with van der Waals surface area (Å²) < 4.78 is 0. The first-order valence-electron chi connectivity index (χ1n) is 6.32. The highest BCUT2D eigenvalue weighted by Crippen LogP contribution is 2.22. The SMILES string of the molecule is CN(Cc1cccc(Cl)c1)c1ccc(CN)cc1C#N. The van der Waals surface area contributed by atoms with Crippen molar-refractivity contribution in [2.75, 3.05) is 11.9 Å². The average Bonchev–Trinajstić information content (AvgIpc) is 2.46. The third-order valence-corrected chi connectivity index (χ3v) is 3.37. The number of rotatable bonds is 4. The van der Waals surface area contributed by atoms with Crippen molar-refractivity contribution in [1.82, 2.24) is 0 Å². The van der Waals surface area contributed by atoms with Crippen LogP contribution < -0.4 is 10.6 Å². The van der Waals surface area contributed by atoms with E-state index in [2.05, 4.69) is 6.07 Å². The quantitative estimate of drug-likeness (QED) is 0.938. The van der Waals surface area contributed by atoms with E-state index in [0.29, 0.717) is 18.7 Å². The van der Waals surface area contributed by atoms with Crippen LogP contribution >= 0.6 is 11.6 Å². The molecule has 20 heavy (non-hydrogen) atoms. The molecule has 0 heterocycles. The van der Waals surface area contributed by atoms with Gasteiger partial charge >= 0.3 is 0 Å². The number of hydrogen-bond donors (Lipinski definition) is 1. The van der Waals surface area contributed by atoms with Crippen LogP contribution in [0.1, 0.15) is 16.7 Å². The summed E-state index contributed by atoms with van der Waals surface area (Å²) in [5, 5.41) is 9.98. The van der Waals surface area contributed by atoms with E-state index in [4.69, 9.17) is 17.3 Å². The lowest BCUT2D eigenvalue weighted by atomic mass is 10.1. The Labute approximate surface area is 124 Å². The number of hydrogen-bond acceptors (Lipinski definition) is 3. The number of nitrogens with zero attached hydrogens (tertiary/aromatic N) is 2. The van der Waals surface area contributed by atoms with Crippen LogP contribution in [0, 0.1) is 11.3 Å². The van der Waals surface area contributed by atoms with Gasteiger partial charge in [0.2, 0.25) is 0 Å². The monoisotopic (exact) mass is 285 g/mol. The van der Waals surface area contributed by atoms with Gasteiger partial charge in [-0.1, -0.05) is 29.8 Å². The summed E-state index contributed by atoms with van der Waals surface area (Å²) in [5.74, 6) is 0. The number of nitriles is 1. The van der Waals surface area contributed by atoms with Crippen LogP contribution in [-0.4, -0.2) is 7.05 Å². The molecule has 0 spiro atoms. The number of halogens is 1. The molecule has 0 aliphatic carbocycles. The lowest BCUT2D eigenvalue weighted by Crippen LogP contribution is -2.17. The molecule has 0 unspecified atom stereocenters. The summed E-state index contributed by atoms with van der Waals surface area (Å²) in [4.78, 5) is 2.03. The average molecular weight is 286 g/mol. The Hall–Kier alpha value is -2.02. The van der Waals surface area contributed by atoms with E-state index in [-0.39, 0.29) is 0 Å². The van der Waals surface area contributed by atoms with Crippen LogP contribution in [0.2, 0.25) is 5.02 Å². The second-order valence-electron chi connectivity index (χ2n) is 4.65. The van der Waals surface area contributed by atoms with Gasteiger partial charge in [-0.05, 0) is 35.4 Å². The maximum absolute atomic E-state index is 9.26. The van der Waals surface area contributed by atoms with E-state index >= 15 is 0 Å². The van der Waals surface area contributed by atoms with Crippen molar-refractivity contribution in [3.05, 3.63) is 64.2 Å². The summed E-state index contributed by atoms with van der Waals surface area (Å²) in [6, 6.07) is 15.7. The van der Waals surface area contributed by atoms with Crippen molar-refractivity contribution in [3.63, 3.8) is 0 Å². The highest BCUT2D eigenvalue weighted by atomic mass is 35.5. The van der Waals surface area contributed by atoms with Crippen LogP contribution in [0.3, 0.4) is 0 Å². The molecule has 4 heteroatoms. The molecule has 102 valence electrons. The molecule has 0 fully saturated rings. The van der Waals surface area contributed by atoms with E-state index in [1.54, 1.807) is 0 Å². The Bertz CT molecular complexity index is 646. The van der Waals surface area contributed by atoms with Crippen LogP contribution in [0.25, 0.3) is 0 Å². The smallest absolute Gasteiger partial charge is 0.101 e. The highest BCUT2D eigenvalue weighted by molar-refractivity contribution is 6.30. The van der Waals surface area contributed by atoms with Crippen molar-refractivity contribution in [2.45, 2.75) is 13.1 Å². The summed E-state index contributed by atoms with van der Waals surface area (Å²) in [6.45, 7) is 1.13. The first-order valence-corrected chi connectivity index (χ1v) is 6.70. The van der Waals surface area contributed by atoms with Crippen LogP contribution in [0.15, 0.2) is 42.5 Å². The van der Waals surface area contributed by atoms with Crippen molar-refractivity contribution < 1.29 is 0 Å². The second-order valence-corrected chi connectivity index (χ2v) is 5.09. The Morgan fingerprint density at radius 3 is 2.65 bits per heavy atom. The van der Waals surface area contributed by atoms with E-state index < -0.39 is 0 Å². The Morgan fingerprint density at radius 1 is 1.20 bits per heavy atom. The molecular weight excluding hydrogens is 270 g/mol. The minimum Gasteiger partial charge on any atom is -0.369 e. The molecule has 3 nitrogen and oxygen atoms in total. The first-order chi connectivity index (χ1) is 9.63. The van der Waals surface area contributed by atoms with Gasteiger partial charge in [0.1, 0.15) is 6.07 Å². The van der Waals surface area contributed by atoms with Gasteiger partial charge in [-0.15, -0.1) is 0 Å². The van der Waals surface area contributed by atoms with E-state index in [1.807, 2.05) is 54.4 Å². The topological polar surface area (TPSA) is 53.0 Å². The molecule has 0 atom stereocenters. The molecule has 2 aromatic rings. The van der Waals surface area contributed by atoms with Gasteiger partial charge < -0.3 is 10.6 Å². The van der Waals surface area contributed by atoms with Crippen LogP contribution in [0.5, 0.6) is 0 Å². The third-order valence-electron chi connectivity index (χ3n) is 3.14. The molecule has 0 aromatic heterocycles. The first kappa shape index (κ1) is 14.4. The fourth-order valence-corrected chi connectivity index (χ4v) is 2.34. The lowest BCUT2D eigenvalue weighted by molar-refractivity contribution is 0.919. The maximum Gasteiger partial charge on any atom is 0.101 e. The molecule has 2 N–H and O–H groups in total. The van der Waals surface area contributed by atoms with Crippen molar-refractivity contribution >= 4 is 17.3 Å². The third kappa shape index (κ3) is 3.30. The summed E-state index contributed by atoms with van der Waals surface area (Å²) >= 11 is 5.99. The van der Waals surface area contributed by atoms with E-state index in [9.17, 15) is 5.26 Å². The Kier molecular flexibility index (Phi) is 4.62. The predicted molar refractivity (Wildman–Crippen MR) is 82.6 cm³/mol. The summed E-state index contributed by atoms with van der Waals surface area (Å²) in [6.07, 6.45) is 0. The number of anilines is 1. The summed E-state index contributed by atoms with van der Waals surface area (Å²) in [7, 11) is 1.96. The Morgan fingerprint density at radius 2 is 2.00 bits per heavy atom. The van der Waals surface area contributed by atoms with Gasteiger partial charge in [0.05, 0.1) is 11.3 Å². The van der Waals surface area contributed by atoms with Crippen molar-refractivity contribution in [1.29, 1.82) is 5.26 Å². The molecule has 2 aromatic carbocycles. The number of nitrogens with two attached hydrogens (primary N) is 1. The molecular formula is C16H16ClN3. The largest absolute Gasteiger partial charge is 0.369 e. The molecule has 0 aliphatic rings. The fraction of sp³-hybridized carbons (Fsp3) is 0.188. The van der Waals surface area contributed by atoms with Gasteiger partial charge in [-0.2, -0.15) is 5.26 Å². The van der Waals surface area contributed by atoms with Gasteiger partial charge in [0.15, 0.2) is 0 Å². The lowest BCUT2D eigenvalue weighted by Gasteiger charge is -2.21. The second kappa shape index (κ2) is 6.42. The zero-order valence-electron chi connectivity index (χ0n) is 11.3. The van der Waals surface area contributed by atoms with Gasteiger partial charge in [-0.25, -0.2) is 0 Å². The van der Waals surface area contributed by atoms with E-state index in [1.165, 1.54) is 0 Å². The molecule has 0 saturated carbocycles. The molecule has 0 saturated heterocycles. The minimum absolute atomic E-state index is 0.437. The predicted octanol–water partition coefficient (Wildman–Crippen LogP) is 3.31. The zero-order chi connectivity index (χ0) is 14.5. The van der Waals surface area contributed by atoms with Gasteiger partial charge in [-0.3, -0.25) is 0 Å². The normalized spacial score (nSPS) is 10.1. The van der Waals surface area contributed by atoms with Crippen molar-refractivity contribution in [2.24, 2.45) is 5.73 Å². The Balaban J connectivity index is 2.25. The fourth-order valence-electron chi connectivity index (χ4n) is 2.13. The maximum atomic E-state index is 9.26. The van der Waals surface area contributed by atoms with E-state index in [0.717, 1.165) is 21.8 Å². The van der Waals surface area contributed by atoms with Crippen molar-refractivity contribution in [3.8, 4) is 6.07 Å². The van der Waals surface area contributed by atoms with Crippen LogP contribution in [0.4, 0.5) is 5.69 Å². The minimum atomic E-state index is 0.437. The summed E-state index contributed by atoms with van der Waals surface area (Å²) in [5.41, 5.74) is 9.20. The zero-order valence-corrected chi connectivity index (χ0v) is 12.1.